The van der Waals surface area contributed by atoms with Gasteiger partial charge in [-0.25, -0.2) is 9.67 Å². The van der Waals surface area contributed by atoms with Gasteiger partial charge in [-0.3, -0.25) is 9.59 Å². The maximum absolute atomic E-state index is 12.0. The molecule has 1 N–H and O–H groups in total. The lowest BCUT2D eigenvalue weighted by Crippen LogP contribution is -2.35. The third-order valence-corrected chi connectivity index (χ3v) is 3.06. The van der Waals surface area contributed by atoms with Gasteiger partial charge in [0.25, 0.3) is 11.7 Å². The Morgan fingerprint density at radius 1 is 1.45 bits per heavy atom. The fourth-order valence-electron chi connectivity index (χ4n) is 1.99. The van der Waals surface area contributed by atoms with Crippen LogP contribution < -0.4 is 5.32 Å². The van der Waals surface area contributed by atoms with Crippen LogP contribution in [0.1, 0.15) is 36.2 Å². The molecule has 0 aliphatic rings. The van der Waals surface area contributed by atoms with Crippen LogP contribution in [0.5, 0.6) is 0 Å². The molecule has 1 amide bonds. The molecule has 0 spiro atoms. The fourth-order valence-corrected chi connectivity index (χ4v) is 1.99. The van der Waals surface area contributed by atoms with Crippen LogP contribution in [0.4, 0.5) is 0 Å². The lowest BCUT2D eigenvalue weighted by Gasteiger charge is -2.13. The normalized spacial score (nSPS) is 12.2. The minimum Gasteiger partial charge on any atom is -0.348 e. The number of aryl methyl sites for hydroxylation is 2. The van der Waals surface area contributed by atoms with Gasteiger partial charge in [0.1, 0.15) is 12.2 Å². The highest BCUT2D eigenvalue weighted by Crippen LogP contribution is 2.09. The van der Waals surface area contributed by atoms with E-state index >= 15 is 0 Å². The second-order valence-electron chi connectivity index (χ2n) is 4.46. The predicted octanol–water partition coefficient (Wildman–Crippen LogP) is 0.697. The molecule has 1 atom stereocenters. The Balaban J connectivity index is 2.08. The van der Waals surface area contributed by atoms with Crippen LogP contribution in [0.25, 0.3) is 0 Å². The molecule has 7 nitrogen and oxygen atoms in total. The van der Waals surface area contributed by atoms with E-state index in [1.807, 2.05) is 6.92 Å². The van der Waals surface area contributed by atoms with Gasteiger partial charge in [-0.2, -0.15) is 5.10 Å². The van der Waals surface area contributed by atoms with Crippen LogP contribution in [0.2, 0.25) is 0 Å². The molecule has 0 radical (unpaired) electrons. The average molecular weight is 275 g/mol. The van der Waals surface area contributed by atoms with Gasteiger partial charge in [-0.15, -0.1) is 0 Å². The maximum Gasteiger partial charge on any atom is 0.294 e. The number of hydrogen-bond donors (Lipinski definition) is 1. The van der Waals surface area contributed by atoms with Crippen LogP contribution in [-0.2, 0) is 18.4 Å². The molecular formula is C13H17N5O2. The molecule has 20 heavy (non-hydrogen) atoms. The summed E-state index contributed by atoms with van der Waals surface area (Å²) in [6, 6.07) is 2.95. The summed E-state index contributed by atoms with van der Waals surface area (Å²) in [4.78, 5) is 28.1. The first-order valence-corrected chi connectivity index (χ1v) is 6.38. The van der Waals surface area contributed by atoms with E-state index < -0.39 is 11.7 Å². The van der Waals surface area contributed by atoms with E-state index in [0.717, 1.165) is 0 Å². The lowest BCUT2D eigenvalue weighted by molar-refractivity contribution is -0.117. The van der Waals surface area contributed by atoms with Gasteiger partial charge in [0.05, 0.1) is 11.7 Å². The van der Waals surface area contributed by atoms with E-state index in [-0.39, 0.29) is 6.04 Å². The molecular weight excluding hydrogens is 258 g/mol. The van der Waals surface area contributed by atoms with Crippen molar-refractivity contribution >= 4 is 11.7 Å². The Hall–Kier alpha value is -2.44. The average Bonchev–Trinajstić information content (AvgIpc) is 3.05. The van der Waals surface area contributed by atoms with E-state index in [9.17, 15) is 9.59 Å². The number of carbonyl (C=O) groups excluding carboxylic acids is 2. The van der Waals surface area contributed by atoms with E-state index in [1.54, 1.807) is 41.5 Å². The van der Waals surface area contributed by atoms with E-state index in [0.29, 0.717) is 18.1 Å². The minimum absolute atomic E-state index is 0.353. The molecule has 0 saturated heterocycles. The number of ketones is 1. The summed E-state index contributed by atoms with van der Waals surface area (Å²) in [5.41, 5.74) is 0.353. The van der Waals surface area contributed by atoms with Crippen molar-refractivity contribution < 1.29 is 9.59 Å². The second-order valence-corrected chi connectivity index (χ2v) is 4.46. The lowest BCUT2D eigenvalue weighted by atomic mass is 10.2. The van der Waals surface area contributed by atoms with Gasteiger partial charge in [-0.1, -0.05) is 0 Å². The highest BCUT2D eigenvalue weighted by Gasteiger charge is 2.22. The number of aromatic nitrogens is 4. The molecule has 0 aromatic carbocycles. The molecule has 2 rings (SSSR count). The summed E-state index contributed by atoms with van der Waals surface area (Å²) in [6.07, 6.45) is 3.15. The Kier molecular flexibility index (Phi) is 3.97. The first kappa shape index (κ1) is 14.0. The van der Waals surface area contributed by atoms with Crippen molar-refractivity contribution in [2.24, 2.45) is 7.05 Å². The van der Waals surface area contributed by atoms with E-state index in [4.69, 9.17) is 0 Å². The standard InChI is InChI=1S/C13H17N5O2/c1-4-18-12(14-8-15-18)9(2)16-13(20)11(19)10-6-5-7-17(10)3/h5-9H,4H2,1-3H3,(H,16,20). The molecule has 0 saturated carbocycles. The van der Waals surface area contributed by atoms with E-state index in [1.165, 1.54) is 6.33 Å². The van der Waals surface area contributed by atoms with Crippen molar-refractivity contribution in [2.45, 2.75) is 26.4 Å². The summed E-state index contributed by atoms with van der Waals surface area (Å²) < 4.78 is 3.29. The van der Waals surface area contributed by atoms with Crippen molar-refractivity contribution in [1.29, 1.82) is 0 Å². The van der Waals surface area contributed by atoms with Crippen LogP contribution >= 0.6 is 0 Å². The highest BCUT2D eigenvalue weighted by atomic mass is 16.2. The van der Waals surface area contributed by atoms with Crippen molar-refractivity contribution in [3.8, 4) is 0 Å². The van der Waals surface area contributed by atoms with Gasteiger partial charge in [0.2, 0.25) is 0 Å². The Morgan fingerprint density at radius 3 is 2.80 bits per heavy atom. The van der Waals surface area contributed by atoms with Crippen molar-refractivity contribution in [3.63, 3.8) is 0 Å². The molecule has 0 aliphatic heterocycles. The van der Waals surface area contributed by atoms with Crippen molar-refractivity contribution in [1.82, 2.24) is 24.6 Å². The molecule has 2 heterocycles. The van der Waals surface area contributed by atoms with Crippen molar-refractivity contribution in [3.05, 3.63) is 36.2 Å². The molecule has 0 fully saturated rings. The first-order valence-electron chi connectivity index (χ1n) is 6.38. The summed E-state index contributed by atoms with van der Waals surface area (Å²) in [5.74, 6) is -0.586. The van der Waals surface area contributed by atoms with Crippen LogP contribution in [0, 0.1) is 0 Å². The zero-order valence-corrected chi connectivity index (χ0v) is 11.7. The summed E-state index contributed by atoms with van der Waals surface area (Å²) in [5, 5.41) is 6.68. The largest absolute Gasteiger partial charge is 0.348 e. The molecule has 0 aliphatic carbocycles. The van der Waals surface area contributed by atoms with Gasteiger partial charge in [-0.05, 0) is 26.0 Å². The third kappa shape index (κ3) is 2.61. The zero-order chi connectivity index (χ0) is 14.7. The first-order chi connectivity index (χ1) is 9.54. The summed E-state index contributed by atoms with van der Waals surface area (Å²) in [6.45, 7) is 4.36. The number of rotatable bonds is 5. The molecule has 2 aromatic heterocycles. The monoisotopic (exact) mass is 275 g/mol. The SMILES string of the molecule is CCn1ncnc1C(C)NC(=O)C(=O)c1cccn1C. The number of nitrogens with zero attached hydrogens (tertiary/aromatic N) is 4. The van der Waals surface area contributed by atoms with Crippen LogP contribution in [0.3, 0.4) is 0 Å². The Morgan fingerprint density at radius 2 is 2.20 bits per heavy atom. The topological polar surface area (TPSA) is 81.8 Å². The fraction of sp³-hybridized carbons (Fsp3) is 0.385. The van der Waals surface area contributed by atoms with Gasteiger partial charge < -0.3 is 9.88 Å². The molecule has 2 aromatic rings. The number of nitrogens with one attached hydrogen (secondary N) is 1. The number of Topliss-reactive ketones (excluding diaryl/α,β-unsaturated/α-hetero) is 1. The van der Waals surface area contributed by atoms with E-state index in [2.05, 4.69) is 15.4 Å². The smallest absolute Gasteiger partial charge is 0.294 e. The molecule has 0 bridgehead atoms. The Bertz CT molecular complexity index is 628. The van der Waals surface area contributed by atoms with Crippen LogP contribution in [-0.4, -0.2) is 31.0 Å². The third-order valence-electron chi connectivity index (χ3n) is 3.06. The second kappa shape index (κ2) is 5.68. The highest BCUT2D eigenvalue weighted by molar-refractivity contribution is 6.42. The molecule has 106 valence electrons. The van der Waals surface area contributed by atoms with Gasteiger partial charge in [0, 0.05) is 19.8 Å². The predicted molar refractivity (Wildman–Crippen MR) is 72.0 cm³/mol. The van der Waals surface area contributed by atoms with Crippen LogP contribution in [0.15, 0.2) is 24.7 Å². The number of hydrogen-bond acceptors (Lipinski definition) is 4. The van der Waals surface area contributed by atoms with Gasteiger partial charge >= 0.3 is 0 Å². The Labute approximate surface area is 116 Å². The molecule has 1 unspecified atom stereocenters. The molecule has 7 heteroatoms. The number of carbonyl (C=O) groups is 2. The number of amides is 1. The van der Waals surface area contributed by atoms with Crippen molar-refractivity contribution in [2.75, 3.05) is 0 Å². The zero-order valence-electron chi connectivity index (χ0n) is 11.7. The van der Waals surface area contributed by atoms with Gasteiger partial charge in [0.15, 0.2) is 0 Å². The summed E-state index contributed by atoms with van der Waals surface area (Å²) in [7, 11) is 1.72. The summed E-state index contributed by atoms with van der Waals surface area (Å²) >= 11 is 0. The quantitative estimate of drug-likeness (QED) is 0.643. The minimum atomic E-state index is -0.648. The maximum atomic E-state index is 12.0.